The number of para-hydroxylation sites is 2. The number of hydrogen-bond donors (Lipinski definition) is 2. The van der Waals surface area contributed by atoms with E-state index in [4.69, 9.17) is 9.47 Å². The van der Waals surface area contributed by atoms with Crippen LogP contribution in [0.25, 0.3) is 21.9 Å². The topological polar surface area (TPSA) is 114 Å². The third-order valence-corrected chi connectivity index (χ3v) is 4.51. The van der Waals surface area contributed by atoms with Gasteiger partial charge in [-0.2, -0.15) is 0 Å². The zero-order chi connectivity index (χ0) is 19.1. The highest BCUT2D eigenvalue weighted by Gasteiger charge is 2.18. The molecule has 140 valence electrons. The summed E-state index contributed by atoms with van der Waals surface area (Å²) in [5.41, 5.74) is 2.43. The maximum atomic E-state index is 12.3. The standard InChI is InChI=1S/C19H15N5O4/c25-17(9-24-10-20-12-3-1-2-4-14(12)24)22-23-18-11-7-15-16(28-6-5-27-15)8-13(11)21-19(18)26/h1-4,7-8,10,21,26H,5-6,9H2. The van der Waals surface area contributed by atoms with Crippen LogP contribution in [0.5, 0.6) is 17.4 Å². The lowest BCUT2D eigenvalue weighted by molar-refractivity contribution is -0.118. The Hall–Kier alpha value is -3.88. The lowest BCUT2D eigenvalue weighted by atomic mass is 10.2. The molecule has 1 aliphatic heterocycles. The molecule has 0 atom stereocenters. The van der Waals surface area contributed by atoms with E-state index in [1.807, 2.05) is 24.3 Å². The lowest BCUT2D eigenvalue weighted by Crippen LogP contribution is -2.15. The van der Waals surface area contributed by atoms with Gasteiger partial charge in [0, 0.05) is 11.5 Å². The minimum atomic E-state index is -0.463. The van der Waals surface area contributed by atoms with Crippen LogP contribution in [0.15, 0.2) is 53.0 Å². The number of carbonyl (C=O) groups excluding carboxylic acids is 1. The number of aromatic hydroxyl groups is 1. The van der Waals surface area contributed by atoms with Crippen LogP contribution in [0, 0.1) is 0 Å². The summed E-state index contributed by atoms with van der Waals surface area (Å²) in [6.45, 7) is 0.914. The molecular formula is C19H15N5O4. The molecule has 0 bridgehead atoms. The van der Waals surface area contributed by atoms with E-state index >= 15 is 0 Å². The minimum absolute atomic E-state index is 0.000516. The van der Waals surface area contributed by atoms with Gasteiger partial charge in [0.05, 0.1) is 22.9 Å². The molecule has 2 N–H and O–H groups in total. The number of aromatic nitrogens is 3. The van der Waals surface area contributed by atoms with Crippen molar-refractivity contribution in [3.8, 4) is 17.4 Å². The van der Waals surface area contributed by atoms with E-state index < -0.39 is 5.91 Å². The third kappa shape index (κ3) is 2.73. The number of H-pyrrole nitrogens is 1. The van der Waals surface area contributed by atoms with Crippen molar-refractivity contribution in [1.82, 2.24) is 14.5 Å². The molecular weight excluding hydrogens is 362 g/mol. The molecule has 0 aliphatic carbocycles. The average molecular weight is 377 g/mol. The van der Waals surface area contributed by atoms with Crippen molar-refractivity contribution < 1.29 is 19.4 Å². The van der Waals surface area contributed by atoms with Crippen molar-refractivity contribution in [2.24, 2.45) is 10.2 Å². The van der Waals surface area contributed by atoms with Crippen molar-refractivity contribution >= 4 is 33.5 Å². The van der Waals surface area contributed by atoms with Gasteiger partial charge < -0.3 is 24.1 Å². The molecule has 2 aromatic heterocycles. The number of ether oxygens (including phenoxy) is 2. The summed E-state index contributed by atoms with van der Waals surface area (Å²) in [5, 5.41) is 18.5. The molecule has 9 nitrogen and oxygen atoms in total. The number of nitrogens with zero attached hydrogens (tertiary/aromatic N) is 4. The third-order valence-electron chi connectivity index (χ3n) is 4.51. The number of carbonyl (C=O) groups is 1. The molecule has 0 fully saturated rings. The summed E-state index contributed by atoms with van der Waals surface area (Å²) in [4.78, 5) is 19.3. The molecule has 1 amide bonds. The van der Waals surface area contributed by atoms with Gasteiger partial charge in [0.2, 0.25) is 5.88 Å². The van der Waals surface area contributed by atoms with E-state index in [0.29, 0.717) is 35.6 Å². The van der Waals surface area contributed by atoms with Crippen LogP contribution in [-0.2, 0) is 11.3 Å². The molecule has 28 heavy (non-hydrogen) atoms. The highest BCUT2D eigenvalue weighted by molar-refractivity contribution is 5.96. The predicted octanol–water partition coefficient (Wildman–Crippen LogP) is 3.30. The number of imidazole rings is 1. The average Bonchev–Trinajstić information content (AvgIpc) is 3.24. The molecule has 0 unspecified atom stereocenters. The van der Waals surface area contributed by atoms with Gasteiger partial charge in [0.15, 0.2) is 17.2 Å². The first-order chi connectivity index (χ1) is 13.7. The van der Waals surface area contributed by atoms with Crippen LogP contribution in [0.4, 0.5) is 5.69 Å². The summed E-state index contributed by atoms with van der Waals surface area (Å²) in [6, 6.07) is 10.9. The largest absolute Gasteiger partial charge is 0.493 e. The number of fused-ring (bicyclic) bond motifs is 3. The van der Waals surface area contributed by atoms with E-state index in [1.165, 1.54) is 0 Å². The number of azo groups is 1. The Morgan fingerprint density at radius 1 is 1.21 bits per heavy atom. The number of rotatable bonds is 3. The molecule has 0 radical (unpaired) electrons. The monoisotopic (exact) mass is 377 g/mol. The van der Waals surface area contributed by atoms with Gasteiger partial charge in [-0.15, -0.1) is 10.2 Å². The van der Waals surface area contributed by atoms with Crippen molar-refractivity contribution in [2.45, 2.75) is 6.54 Å². The second kappa shape index (κ2) is 6.38. The Kier molecular flexibility index (Phi) is 3.71. The second-order valence-corrected chi connectivity index (χ2v) is 6.32. The molecule has 1 aliphatic rings. The first kappa shape index (κ1) is 16.3. The van der Waals surface area contributed by atoms with Crippen LogP contribution < -0.4 is 9.47 Å². The summed E-state index contributed by atoms with van der Waals surface area (Å²) in [5.74, 6) is 0.508. The lowest BCUT2D eigenvalue weighted by Gasteiger charge is -2.17. The van der Waals surface area contributed by atoms with Gasteiger partial charge in [-0.1, -0.05) is 12.1 Å². The van der Waals surface area contributed by atoms with E-state index in [0.717, 1.165) is 11.0 Å². The summed E-state index contributed by atoms with van der Waals surface area (Å²) in [6.07, 6.45) is 1.59. The fourth-order valence-corrected chi connectivity index (χ4v) is 3.22. The van der Waals surface area contributed by atoms with Crippen LogP contribution >= 0.6 is 0 Å². The minimum Gasteiger partial charge on any atom is -0.493 e. The van der Waals surface area contributed by atoms with Gasteiger partial charge in [-0.3, -0.25) is 4.79 Å². The SMILES string of the molecule is O=C(Cn1cnc2ccccc21)N=Nc1c(O)[nH]c2cc3c(cc12)OCCO3. The summed E-state index contributed by atoms with van der Waals surface area (Å²) < 4.78 is 12.8. The second-order valence-electron chi connectivity index (χ2n) is 6.32. The number of nitrogens with one attached hydrogen (secondary N) is 1. The van der Waals surface area contributed by atoms with E-state index in [1.54, 1.807) is 23.0 Å². The van der Waals surface area contributed by atoms with Gasteiger partial charge in [0.1, 0.15) is 19.8 Å². The van der Waals surface area contributed by atoms with E-state index in [-0.39, 0.29) is 18.1 Å². The molecule has 2 aromatic carbocycles. The first-order valence-electron chi connectivity index (χ1n) is 8.68. The highest BCUT2D eigenvalue weighted by atomic mass is 16.6. The number of aromatic amines is 1. The van der Waals surface area contributed by atoms with E-state index in [9.17, 15) is 9.90 Å². The quantitative estimate of drug-likeness (QED) is 0.532. The van der Waals surface area contributed by atoms with Crippen LogP contribution in [0.3, 0.4) is 0 Å². The van der Waals surface area contributed by atoms with Crippen molar-refractivity contribution in [1.29, 1.82) is 0 Å². The zero-order valence-corrected chi connectivity index (χ0v) is 14.6. The van der Waals surface area contributed by atoms with Crippen LogP contribution in [0.1, 0.15) is 0 Å². The van der Waals surface area contributed by atoms with Crippen molar-refractivity contribution in [3.05, 3.63) is 42.7 Å². The fraction of sp³-hybridized carbons (Fsp3) is 0.158. The maximum Gasteiger partial charge on any atom is 0.284 e. The fourth-order valence-electron chi connectivity index (χ4n) is 3.22. The molecule has 0 saturated carbocycles. The van der Waals surface area contributed by atoms with Crippen molar-refractivity contribution in [2.75, 3.05) is 13.2 Å². The Labute approximate surface area is 158 Å². The van der Waals surface area contributed by atoms with E-state index in [2.05, 4.69) is 20.2 Å². The molecule has 0 saturated heterocycles. The summed E-state index contributed by atoms with van der Waals surface area (Å²) in [7, 11) is 0. The highest BCUT2D eigenvalue weighted by Crippen LogP contribution is 2.42. The van der Waals surface area contributed by atoms with Gasteiger partial charge >= 0.3 is 0 Å². The number of amides is 1. The molecule has 4 aromatic rings. The maximum absolute atomic E-state index is 12.3. The molecule has 0 spiro atoms. The van der Waals surface area contributed by atoms with Gasteiger partial charge in [-0.25, -0.2) is 4.98 Å². The normalized spacial score (nSPS) is 13.6. The molecule has 5 rings (SSSR count). The number of benzene rings is 2. The predicted molar refractivity (Wildman–Crippen MR) is 100 cm³/mol. The Bertz CT molecular complexity index is 1240. The van der Waals surface area contributed by atoms with Crippen molar-refractivity contribution in [3.63, 3.8) is 0 Å². The molecule has 3 heterocycles. The van der Waals surface area contributed by atoms with Gasteiger partial charge in [0.25, 0.3) is 5.91 Å². The Morgan fingerprint density at radius 2 is 2.00 bits per heavy atom. The number of hydrogen-bond acceptors (Lipinski definition) is 6. The first-order valence-corrected chi connectivity index (χ1v) is 8.68. The van der Waals surface area contributed by atoms with Crippen LogP contribution in [0.2, 0.25) is 0 Å². The molecule has 9 heteroatoms. The Morgan fingerprint density at radius 3 is 2.86 bits per heavy atom. The van der Waals surface area contributed by atoms with Gasteiger partial charge in [-0.05, 0) is 18.2 Å². The summed E-state index contributed by atoms with van der Waals surface area (Å²) >= 11 is 0. The zero-order valence-electron chi connectivity index (χ0n) is 14.6. The van der Waals surface area contributed by atoms with Crippen LogP contribution in [-0.4, -0.2) is 38.8 Å². The Balaban J connectivity index is 1.43. The smallest absolute Gasteiger partial charge is 0.284 e.